The van der Waals surface area contributed by atoms with Crippen LogP contribution >= 0.6 is 11.6 Å². The van der Waals surface area contributed by atoms with E-state index in [9.17, 15) is 19.1 Å². The minimum absolute atomic E-state index is 0.0500. The van der Waals surface area contributed by atoms with Crippen molar-refractivity contribution in [3.05, 3.63) is 52.1 Å². The maximum atomic E-state index is 13.4. The summed E-state index contributed by atoms with van der Waals surface area (Å²) < 4.78 is 18.1. The molecule has 0 aliphatic rings. The number of halogens is 2. The Morgan fingerprint density at radius 3 is 2.67 bits per heavy atom. The van der Waals surface area contributed by atoms with Crippen LogP contribution in [0.3, 0.4) is 0 Å². The second-order valence-corrected chi connectivity index (χ2v) is 4.66. The van der Waals surface area contributed by atoms with Gasteiger partial charge in [-0.05, 0) is 24.6 Å². The fraction of sp³-hybridized carbons (Fsp3) is 0.154. The maximum absolute atomic E-state index is 13.4. The molecular formula is C13H10ClFN2O4. The van der Waals surface area contributed by atoms with Gasteiger partial charge in [0, 0.05) is 6.07 Å². The fourth-order valence-electron chi connectivity index (χ4n) is 1.65. The predicted octanol–water partition coefficient (Wildman–Crippen LogP) is 2.33. The normalized spacial score (nSPS) is 12.0. The average molecular weight is 313 g/mol. The lowest BCUT2D eigenvalue weighted by Gasteiger charge is -2.14. The molecule has 1 atom stereocenters. The molecule has 1 aromatic heterocycles. The zero-order valence-electron chi connectivity index (χ0n) is 10.8. The number of aliphatic carboxylic acids is 1. The molecule has 21 heavy (non-hydrogen) atoms. The molecule has 8 heteroatoms. The molecule has 0 spiro atoms. The summed E-state index contributed by atoms with van der Waals surface area (Å²) in [7, 11) is 0. The molecule has 110 valence electrons. The van der Waals surface area contributed by atoms with Gasteiger partial charge in [0.1, 0.15) is 5.82 Å². The van der Waals surface area contributed by atoms with Gasteiger partial charge in [0.15, 0.2) is 6.04 Å². The Hall–Kier alpha value is -2.41. The lowest BCUT2D eigenvalue weighted by atomic mass is 10.1. The van der Waals surface area contributed by atoms with Gasteiger partial charge in [-0.2, -0.15) is 0 Å². The van der Waals surface area contributed by atoms with Gasteiger partial charge in [-0.25, -0.2) is 9.18 Å². The molecule has 1 heterocycles. The third kappa shape index (κ3) is 3.38. The van der Waals surface area contributed by atoms with Crippen molar-refractivity contribution < 1.29 is 23.6 Å². The molecule has 0 aliphatic carbocycles. The molecule has 0 radical (unpaired) electrons. The van der Waals surface area contributed by atoms with Crippen molar-refractivity contribution in [1.29, 1.82) is 0 Å². The maximum Gasteiger partial charge on any atom is 0.330 e. The molecule has 2 N–H and O–H groups in total. The number of hydrogen-bond donors (Lipinski definition) is 2. The zero-order valence-corrected chi connectivity index (χ0v) is 11.5. The van der Waals surface area contributed by atoms with Crippen LogP contribution < -0.4 is 5.32 Å². The third-order valence-corrected chi connectivity index (χ3v) is 2.96. The van der Waals surface area contributed by atoms with Gasteiger partial charge in [-0.15, -0.1) is 0 Å². The van der Waals surface area contributed by atoms with Crippen molar-refractivity contribution in [2.24, 2.45) is 0 Å². The smallest absolute Gasteiger partial charge is 0.330 e. The molecule has 0 saturated heterocycles. The molecular weight excluding hydrogens is 303 g/mol. The lowest BCUT2D eigenvalue weighted by Crippen LogP contribution is -2.33. The molecule has 0 unspecified atom stereocenters. The highest BCUT2D eigenvalue weighted by Crippen LogP contribution is 2.21. The van der Waals surface area contributed by atoms with E-state index in [1.54, 1.807) is 6.92 Å². The first kappa shape index (κ1) is 15.0. The summed E-state index contributed by atoms with van der Waals surface area (Å²) in [4.78, 5) is 23.1. The van der Waals surface area contributed by atoms with Crippen LogP contribution in [0.2, 0.25) is 5.02 Å². The minimum Gasteiger partial charge on any atom is -0.479 e. The summed E-state index contributed by atoms with van der Waals surface area (Å²) >= 11 is 5.54. The first-order valence-electron chi connectivity index (χ1n) is 5.80. The van der Waals surface area contributed by atoms with Gasteiger partial charge in [0.2, 0.25) is 5.76 Å². The van der Waals surface area contributed by atoms with E-state index in [0.717, 1.165) is 6.07 Å². The van der Waals surface area contributed by atoms with E-state index < -0.39 is 23.7 Å². The van der Waals surface area contributed by atoms with E-state index in [2.05, 4.69) is 10.5 Å². The van der Waals surface area contributed by atoms with Crippen LogP contribution in [0.5, 0.6) is 0 Å². The van der Waals surface area contributed by atoms with E-state index in [0.29, 0.717) is 5.69 Å². The van der Waals surface area contributed by atoms with Crippen molar-refractivity contribution in [1.82, 2.24) is 10.5 Å². The predicted molar refractivity (Wildman–Crippen MR) is 70.5 cm³/mol. The van der Waals surface area contributed by atoms with E-state index in [1.165, 1.54) is 18.2 Å². The highest BCUT2D eigenvalue weighted by Gasteiger charge is 2.25. The van der Waals surface area contributed by atoms with Gasteiger partial charge >= 0.3 is 5.97 Å². The number of aromatic nitrogens is 1. The van der Waals surface area contributed by atoms with Gasteiger partial charge in [0.05, 0.1) is 10.7 Å². The number of amides is 1. The summed E-state index contributed by atoms with van der Waals surface area (Å²) in [5.41, 5.74) is 0.526. The first-order valence-corrected chi connectivity index (χ1v) is 6.18. The molecule has 1 aromatic carbocycles. The number of carboxylic acid groups (broad SMARTS) is 1. The highest BCUT2D eigenvalue weighted by atomic mass is 35.5. The second-order valence-electron chi connectivity index (χ2n) is 4.25. The van der Waals surface area contributed by atoms with E-state index >= 15 is 0 Å². The second kappa shape index (κ2) is 5.92. The molecule has 2 aromatic rings. The third-order valence-electron chi connectivity index (χ3n) is 2.65. The average Bonchev–Trinajstić information content (AvgIpc) is 2.85. The topological polar surface area (TPSA) is 92.4 Å². The number of rotatable bonds is 4. The lowest BCUT2D eigenvalue weighted by molar-refractivity contribution is -0.139. The van der Waals surface area contributed by atoms with E-state index in [1.807, 2.05) is 0 Å². The Labute approximate surface area is 123 Å². The van der Waals surface area contributed by atoms with E-state index in [-0.39, 0.29) is 16.3 Å². The molecule has 1 amide bonds. The highest BCUT2D eigenvalue weighted by molar-refractivity contribution is 6.30. The fourth-order valence-corrected chi connectivity index (χ4v) is 1.77. The minimum atomic E-state index is -1.44. The summed E-state index contributed by atoms with van der Waals surface area (Å²) in [6.45, 7) is 1.61. The molecule has 2 rings (SSSR count). The number of carbonyl (C=O) groups excluding carboxylic acids is 1. The van der Waals surface area contributed by atoms with E-state index in [4.69, 9.17) is 16.1 Å². The Morgan fingerprint density at radius 1 is 1.43 bits per heavy atom. The quantitative estimate of drug-likeness (QED) is 0.904. The molecule has 0 aliphatic heterocycles. The number of carboxylic acids is 1. The van der Waals surface area contributed by atoms with Crippen molar-refractivity contribution in [3.63, 3.8) is 0 Å². The summed E-state index contributed by atoms with van der Waals surface area (Å²) in [6, 6.07) is 3.40. The molecule has 0 saturated carbocycles. The van der Waals surface area contributed by atoms with Crippen LogP contribution in [-0.4, -0.2) is 22.1 Å². The molecule has 6 nitrogen and oxygen atoms in total. The summed E-state index contributed by atoms with van der Waals surface area (Å²) in [5, 5.41) is 14.8. The molecule has 0 fully saturated rings. The Balaban J connectivity index is 2.25. The number of aryl methyl sites for hydroxylation is 1. The van der Waals surface area contributed by atoms with Crippen molar-refractivity contribution in [2.45, 2.75) is 13.0 Å². The summed E-state index contributed by atoms with van der Waals surface area (Å²) in [6.07, 6.45) is 0. The zero-order chi connectivity index (χ0) is 15.6. The number of nitrogens with one attached hydrogen (secondary N) is 1. The molecule has 0 bridgehead atoms. The standard InChI is InChI=1S/C13H10ClFN2O4/c1-6-4-10(21-17-6)12(18)16-11(13(19)20)7-2-3-8(14)9(15)5-7/h2-5,11H,1H3,(H,16,18)(H,19,20)/t11-/m1/s1. The number of carbonyl (C=O) groups is 2. The number of nitrogens with zero attached hydrogens (tertiary/aromatic N) is 1. The van der Waals surface area contributed by atoms with Crippen LogP contribution in [0.25, 0.3) is 0 Å². The Kier molecular flexibility index (Phi) is 4.23. The van der Waals surface area contributed by atoms with Gasteiger partial charge < -0.3 is 14.9 Å². The monoisotopic (exact) mass is 312 g/mol. The van der Waals surface area contributed by atoms with Crippen molar-refractivity contribution >= 4 is 23.5 Å². The van der Waals surface area contributed by atoms with Crippen LogP contribution in [0.15, 0.2) is 28.8 Å². The Bertz CT molecular complexity index is 701. The van der Waals surface area contributed by atoms with Crippen LogP contribution in [0, 0.1) is 12.7 Å². The van der Waals surface area contributed by atoms with Crippen molar-refractivity contribution in [2.75, 3.05) is 0 Å². The number of benzene rings is 1. The van der Waals surface area contributed by atoms with Gasteiger partial charge in [-0.1, -0.05) is 22.8 Å². The van der Waals surface area contributed by atoms with Crippen molar-refractivity contribution in [3.8, 4) is 0 Å². The van der Waals surface area contributed by atoms with Gasteiger partial charge in [0.25, 0.3) is 5.91 Å². The SMILES string of the molecule is Cc1cc(C(=O)N[C@@H](C(=O)O)c2ccc(Cl)c(F)c2)on1. The van der Waals surface area contributed by atoms with Crippen LogP contribution in [0.1, 0.15) is 27.9 Å². The summed E-state index contributed by atoms with van der Waals surface area (Å²) in [5.74, 6) is -3.02. The van der Waals surface area contributed by atoms with Crippen LogP contribution in [0.4, 0.5) is 4.39 Å². The Morgan fingerprint density at radius 2 is 2.14 bits per heavy atom. The first-order chi connectivity index (χ1) is 9.88. The number of hydrogen-bond acceptors (Lipinski definition) is 4. The van der Waals surface area contributed by atoms with Gasteiger partial charge in [-0.3, -0.25) is 4.79 Å². The van der Waals surface area contributed by atoms with Crippen LogP contribution in [-0.2, 0) is 4.79 Å². The largest absolute Gasteiger partial charge is 0.479 e.